The zero-order valence-corrected chi connectivity index (χ0v) is 8.77. The van der Waals surface area contributed by atoms with Gasteiger partial charge in [0.1, 0.15) is 0 Å². The van der Waals surface area contributed by atoms with Gasteiger partial charge in [-0.05, 0) is 18.4 Å². The lowest BCUT2D eigenvalue weighted by molar-refractivity contribution is 1.50. The summed E-state index contributed by atoms with van der Waals surface area (Å²) < 4.78 is 0. The van der Waals surface area contributed by atoms with E-state index in [-0.39, 0.29) is 0 Å². The second-order valence-corrected chi connectivity index (χ2v) is 3.15. The summed E-state index contributed by atoms with van der Waals surface area (Å²) in [6.45, 7) is 6.10. The third-order valence-corrected chi connectivity index (χ3v) is 1.91. The summed E-state index contributed by atoms with van der Waals surface area (Å²) >= 11 is 1.74. The van der Waals surface area contributed by atoms with Crippen LogP contribution in [-0.2, 0) is 0 Å². The fraction of sp³-hybridized carbons (Fsp3) is 0.273. The lowest BCUT2D eigenvalue weighted by Gasteiger charge is -1.76. The van der Waals surface area contributed by atoms with Crippen molar-refractivity contribution in [2.45, 2.75) is 20.8 Å². The van der Waals surface area contributed by atoms with Gasteiger partial charge >= 0.3 is 0 Å². The Labute approximate surface area is 79.2 Å². The second kappa shape index (κ2) is 8.28. The summed E-state index contributed by atoms with van der Waals surface area (Å²) in [4.78, 5) is 1.32. The van der Waals surface area contributed by atoms with Crippen LogP contribution in [0.1, 0.15) is 18.7 Å². The van der Waals surface area contributed by atoms with Gasteiger partial charge in [0.05, 0.1) is 0 Å². The molecule has 0 nitrogen and oxygen atoms in total. The fourth-order valence-electron chi connectivity index (χ4n) is 0.615. The molecule has 0 atom stereocenters. The summed E-state index contributed by atoms with van der Waals surface area (Å²) in [5.74, 6) is 0. The van der Waals surface area contributed by atoms with Crippen LogP contribution in [0.3, 0.4) is 0 Å². The Morgan fingerprint density at radius 1 is 0.917 bits per heavy atom. The van der Waals surface area contributed by atoms with Crippen molar-refractivity contribution in [3.63, 3.8) is 0 Å². The van der Waals surface area contributed by atoms with Crippen molar-refractivity contribution < 1.29 is 0 Å². The molecule has 0 aliphatic heterocycles. The van der Waals surface area contributed by atoms with Crippen molar-refractivity contribution in [2.75, 3.05) is 0 Å². The first-order chi connectivity index (χ1) is 5.89. The summed E-state index contributed by atoms with van der Waals surface area (Å²) in [6, 6.07) is 12.3. The zero-order chi connectivity index (χ0) is 9.23. The van der Waals surface area contributed by atoms with Crippen molar-refractivity contribution in [1.29, 1.82) is 0 Å². The average molecular weight is 180 g/mol. The molecule has 0 bridgehead atoms. The minimum Gasteiger partial charge on any atom is -0.149 e. The lowest BCUT2D eigenvalue weighted by Crippen LogP contribution is -1.51. The molecular weight excluding hydrogens is 164 g/mol. The molecule has 0 N–H and O–H groups in total. The molecule has 0 saturated carbocycles. The van der Waals surface area contributed by atoms with Crippen LogP contribution < -0.4 is 0 Å². The first-order valence-corrected chi connectivity index (χ1v) is 5.11. The summed E-state index contributed by atoms with van der Waals surface area (Å²) in [7, 11) is 0. The Morgan fingerprint density at radius 2 is 1.50 bits per heavy atom. The standard InChI is InChI=1S/C9H10S.C2H6/c1-9-7-5-3-2-4-6-8-10-9;1-2/h2-8H,1H3;1-2H3. The van der Waals surface area contributed by atoms with Gasteiger partial charge in [-0.1, -0.05) is 44.2 Å². The predicted octanol–water partition coefficient (Wildman–Crippen LogP) is 4.21. The van der Waals surface area contributed by atoms with Gasteiger partial charge in [-0.2, -0.15) is 0 Å². The Morgan fingerprint density at radius 3 is 2.25 bits per heavy atom. The van der Waals surface area contributed by atoms with Crippen LogP contribution in [-0.4, -0.2) is 0 Å². The molecule has 0 saturated heterocycles. The SMILES string of the molecule is CC.Cc1cccccccs1. The van der Waals surface area contributed by atoms with Crippen LogP contribution in [0, 0.1) is 6.92 Å². The Hall–Kier alpha value is -0.820. The van der Waals surface area contributed by atoms with Gasteiger partial charge in [-0.3, -0.25) is 0 Å². The van der Waals surface area contributed by atoms with Gasteiger partial charge in [-0.15, -0.1) is 11.3 Å². The molecule has 1 heterocycles. The number of aryl methyl sites for hydroxylation is 1. The van der Waals surface area contributed by atoms with Crippen molar-refractivity contribution in [1.82, 2.24) is 0 Å². The van der Waals surface area contributed by atoms with Gasteiger partial charge in [0.2, 0.25) is 0 Å². The summed E-state index contributed by atoms with van der Waals surface area (Å²) in [5.41, 5.74) is 0. The van der Waals surface area contributed by atoms with Gasteiger partial charge < -0.3 is 0 Å². The van der Waals surface area contributed by atoms with Crippen molar-refractivity contribution in [2.24, 2.45) is 0 Å². The highest BCUT2D eigenvalue weighted by atomic mass is 32.1. The van der Waals surface area contributed by atoms with E-state index in [1.165, 1.54) is 4.88 Å². The van der Waals surface area contributed by atoms with Gasteiger partial charge in [-0.25, -0.2) is 0 Å². The highest BCUT2D eigenvalue weighted by molar-refractivity contribution is 7.09. The van der Waals surface area contributed by atoms with Crippen molar-refractivity contribution >= 4 is 11.3 Å². The topological polar surface area (TPSA) is 0 Å². The highest BCUT2D eigenvalue weighted by Gasteiger charge is 1.71. The third kappa shape index (κ3) is 5.93. The smallest absolute Gasteiger partial charge is 0.00139 e. The fourth-order valence-corrected chi connectivity index (χ4v) is 1.16. The van der Waals surface area contributed by atoms with Gasteiger partial charge in [0.25, 0.3) is 0 Å². The first kappa shape index (κ1) is 11.2. The Bertz CT molecular complexity index is 212. The van der Waals surface area contributed by atoms with Crippen molar-refractivity contribution in [3.05, 3.63) is 46.7 Å². The van der Waals surface area contributed by atoms with E-state index in [2.05, 4.69) is 18.4 Å². The monoisotopic (exact) mass is 180 g/mol. The maximum Gasteiger partial charge on any atom is 0.00139 e. The van der Waals surface area contributed by atoms with Gasteiger partial charge in [0, 0.05) is 4.88 Å². The third-order valence-electron chi connectivity index (χ3n) is 1.11. The van der Waals surface area contributed by atoms with Crippen LogP contribution in [0.5, 0.6) is 0 Å². The molecule has 0 amide bonds. The molecule has 1 heteroatoms. The van der Waals surface area contributed by atoms with Crippen LogP contribution in [0.25, 0.3) is 0 Å². The van der Waals surface area contributed by atoms with E-state index in [0.29, 0.717) is 0 Å². The van der Waals surface area contributed by atoms with E-state index >= 15 is 0 Å². The largest absolute Gasteiger partial charge is 0.149 e. The molecule has 1 aromatic rings. The van der Waals surface area contributed by atoms with E-state index in [1.54, 1.807) is 11.3 Å². The lowest BCUT2D eigenvalue weighted by atomic mass is 10.4. The molecule has 0 spiro atoms. The van der Waals surface area contributed by atoms with Crippen LogP contribution in [0.2, 0.25) is 0 Å². The zero-order valence-electron chi connectivity index (χ0n) is 7.95. The molecule has 0 aliphatic carbocycles. The quantitative estimate of drug-likeness (QED) is 0.561. The molecular formula is C11H16S. The average Bonchev–Trinajstić information content (AvgIpc) is 2.22. The minimum atomic E-state index is 1.32. The molecule has 0 aromatic carbocycles. The van der Waals surface area contributed by atoms with Crippen LogP contribution >= 0.6 is 11.3 Å². The molecule has 0 unspecified atom stereocenters. The molecule has 1 rings (SSSR count). The van der Waals surface area contributed by atoms with E-state index < -0.39 is 0 Å². The molecule has 66 valence electrons. The highest BCUT2D eigenvalue weighted by Crippen LogP contribution is 1.99. The van der Waals surface area contributed by atoms with Crippen LogP contribution in [0.15, 0.2) is 41.8 Å². The summed E-state index contributed by atoms with van der Waals surface area (Å²) in [6.07, 6.45) is 0. The van der Waals surface area contributed by atoms with E-state index in [1.807, 2.05) is 44.2 Å². The molecule has 12 heavy (non-hydrogen) atoms. The normalized spacial score (nSPS) is 7.58. The van der Waals surface area contributed by atoms with Gasteiger partial charge in [0.15, 0.2) is 0 Å². The Kier molecular flexibility index (Phi) is 7.71. The maximum absolute atomic E-state index is 2.10. The number of hydrogen-bond acceptors (Lipinski definition) is 1. The molecule has 0 fully saturated rings. The molecule has 0 radical (unpaired) electrons. The first-order valence-electron chi connectivity index (χ1n) is 4.23. The molecule has 1 aromatic heterocycles. The van der Waals surface area contributed by atoms with Crippen LogP contribution in [0.4, 0.5) is 0 Å². The predicted molar refractivity (Wildman–Crippen MR) is 58.0 cm³/mol. The van der Waals surface area contributed by atoms with Crippen molar-refractivity contribution in [3.8, 4) is 0 Å². The van der Waals surface area contributed by atoms with E-state index in [4.69, 9.17) is 0 Å². The van der Waals surface area contributed by atoms with E-state index in [0.717, 1.165) is 0 Å². The number of rotatable bonds is 0. The second-order valence-electron chi connectivity index (χ2n) is 1.99. The number of hydrogen-bond donors (Lipinski definition) is 0. The summed E-state index contributed by atoms with van der Waals surface area (Å²) in [5, 5.41) is 2.08. The maximum atomic E-state index is 2.10. The van der Waals surface area contributed by atoms with E-state index in [9.17, 15) is 0 Å². The minimum absolute atomic E-state index is 1.32. The molecule has 0 aliphatic rings. The Balaban J connectivity index is 0.000000561.